The van der Waals surface area contributed by atoms with Crippen molar-refractivity contribution in [2.24, 2.45) is 28.6 Å². The second-order valence-electron chi connectivity index (χ2n) is 11.8. The Morgan fingerprint density at radius 1 is 1.06 bits per heavy atom. The molecule has 35 heavy (non-hydrogen) atoms. The molecular weight excluding hydrogens is 440 g/mol. The third-order valence-electron chi connectivity index (χ3n) is 10.0. The molecule has 0 heterocycles. The van der Waals surface area contributed by atoms with Gasteiger partial charge < -0.3 is 20.5 Å². The van der Waals surface area contributed by atoms with E-state index in [0.717, 1.165) is 50.5 Å². The smallest absolute Gasteiger partial charge is 0.407 e. The van der Waals surface area contributed by atoms with E-state index >= 15 is 0 Å². The van der Waals surface area contributed by atoms with E-state index in [1.165, 1.54) is 12.0 Å². The summed E-state index contributed by atoms with van der Waals surface area (Å²) in [5.74, 6) is 1.81. The number of carbonyl (C=O) groups is 2. The average molecular weight is 481 g/mol. The molecule has 7 atom stereocenters. The first-order chi connectivity index (χ1) is 16.8. The number of alkyl carbamates (subject to hydrolysis) is 1. The van der Waals surface area contributed by atoms with Crippen LogP contribution in [-0.2, 0) is 16.1 Å². The van der Waals surface area contributed by atoms with Crippen molar-refractivity contribution in [2.75, 3.05) is 6.54 Å². The summed E-state index contributed by atoms with van der Waals surface area (Å²) in [7, 11) is 0. The Hall–Kier alpha value is -2.34. The lowest BCUT2D eigenvalue weighted by Crippen LogP contribution is -2.54. The topological polar surface area (TPSA) is 87.7 Å². The Kier molecular flexibility index (Phi) is 6.69. The summed E-state index contributed by atoms with van der Waals surface area (Å²) in [5, 5.41) is 16.1. The quantitative estimate of drug-likeness (QED) is 0.532. The molecule has 0 aliphatic heterocycles. The highest BCUT2D eigenvalue weighted by Gasteiger charge is 2.58. The monoisotopic (exact) mass is 480 g/mol. The number of amides is 2. The number of allylic oxidation sites excluding steroid dienone is 1. The normalized spacial score (nSPS) is 37.8. The van der Waals surface area contributed by atoms with Gasteiger partial charge in [-0.15, -0.1) is 0 Å². The van der Waals surface area contributed by atoms with Gasteiger partial charge in [-0.25, -0.2) is 4.79 Å². The summed E-state index contributed by atoms with van der Waals surface area (Å²) < 4.78 is 5.22. The molecule has 0 bridgehead atoms. The molecule has 1 aromatic rings. The van der Waals surface area contributed by atoms with Crippen molar-refractivity contribution in [2.45, 2.75) is 84.0 Å². The Labute approximate surface area is 208 Å². The number of nitrogens with one attached hydrogen (secondary N) is 2. The maximum atomic E-state index is 12.7. The van der Waals surface area contributed by atoms with Crippen LogP contribution in [0.4, 0.5) is 4.79 Å². The van der Waals surface area contributed by atoms with Gasteiger partial charge in [-0.2, -0.15) is 0 Å². The Morgan fingerprint density at radius 2 is 1.86 bits per heavy atom. The van der Waals surface area contributed by atoms with Gasteiger partial charge in [0.05, 0.1) is 6.10 Å². The molecule has 6 nitrogen and oxygen atoms in total. The minimum absolute atomic E-state index is 0.0661. The molecule has 5 rings (SSSR count). The molecule has 3 N–H and O–H groups in total. The van der Waals surface area contributed by atoms with Gasteiger partial charge in [0.2, 0.25) is 5.91 Å². The Morgan fingerprint density at radius 3 is 2.66 bits per heavy atom. The summed E-state index contributed by atoms with van der Waals surface area (Å²) in [4.78, 5) is 24.8. The van der Waals surface area contributed by atoms with Gasteiger partial charge in [-0.1, -0.05) is 55.8 Å². The minimum atomic E-state index is -0.573. The molecule has 0 radical (unpaired) electrons. The van der Waals surface area contributed by atoms with E-state index in [9.17, 15) is 14.7 Å². The molecular formula is C29H40N2O4. The molecule has 0 saturated heterocycles. The highest BCUT2D eigenvalue weighted by atomic mass is 16.5. The summed E-state index contributed by atoms with van der Waals surface area (Å²) >= 11 is 0. The van der Waals surface area contributed by atoms with Crippen LogP contribution in [0.5, 0.6) is 0 Å². The van der Waals surface area contributed by atoms with Gasteiger partial charge >= 0.3 is 6.09 Å². The third-order valence-corrected chi connectivity index (χ3v) is 10.0. The van der Waals surface area contributed by atoms with E-state index in [1.54, 1.807) is 0 Å². The van der Waals surface area contributed by atoms with Crippen molar-refractivity contribution in [1.82, 2.24) is 10.6 Å². The molecule has 1 aromatic carbocycles. The van der Waals surface area contributed by atoms with Gasteiger partial charge in [0.1, 0.15) is 13.2 Å². The molecule has 3 fully saturated rings. The summed E-state index contributed by atoms with van der Waals surface area (Å²) in [6.45, 7) is 4.94. The highest BCUT2D eigenvalue weighted by molar-refractivity contribution is 5.82. The number of fused-ring (bicyclic) bond motifs is 5. The van der Waals surface area contributed by atoms with E-state index in [0.29, 0.717) is 17.8 Å². The largest absolute Gasteiger partial charge is 0.445 e. The van der Waals surface area contributed by atoms with E-state index in [-0.39, 0.29) is 42.0 Å². The maximum Gasteiger partial charge on any atom is 0.407 e. The maximum absolute atomic E-state index is 12.7. The molecule has 4 aliphatic rings. The van der Waals surface area contributed by atoms with E-state index in [2.05, 4.69) is 30.6 Å². The van der Waals surface area contributed by atoms with Gasteiger partial charge in [-0.05, 0) is 85.5 Å². The first-order valence-corrected chi connectivity index (χ1v) is 13.4. The predicted octanol–water partition coefficient (Wildman–Crippen LogP) is 4.72. The van der Waals surface area contributed by atoms with Crippen LogP contribution in [0.2, 0.25) is 0 Å². The fraction of sp³-hybridized carbons (Fsp3) is 0.655. The van der Waals surface area contributed by atoms with E-state index in [4.69, 9.17) is 4.74 Å². The van der Waals surface area contributed by atoms with E-state index in [1.807, 2.05) is 30.3 Å². The van der Waals surface area contributed by atoms with Crippen LogP contribution in [0, 0.1) is 28.6 Å². The molecule has 0 aromatic heterocycles. The van der Waals surface area contributed by atoms with Crippen molar-refractivity contribution >= 4 is 12.0 Å². The van der Waals surface area contributed by atoms with Crippen molar-refractivity contribution in [3.63, 3.8) is 0 Å². The number of hydrogen-bond donors (Lipinski definition) is 3. The SMILES string of the molecule is C[C@]12CC[C@H]3[C@@H](CC=C4C[C@@H](O)CC[C@@]43C)[C@@H]1CC[C@@H]2NC(=O)CNC(=O)OCc1ccccc1. The number of hydrogen-bond acceptors (Lipinski definition) is 4. The summed E-state index contributed by atoms with van der Waals surface area (Å²) in [5.41, 5.74) is 2.74. The van der Waals surface area contributed by atoms with Gasteiger partial charge in [0.25, 0.3) is 0 Å². The molecule has 2 amide bonds. The third kappa shape index (κ3) is 4.62. The number of aliphatic hydroxyl groups is 1. The zero-order valence-corrected chi connectivity index (χ0v) is 21.1. The van der Waals surface area contributed by atoms with Crippen LogP contribution in [0.1, 0.15) is 70.8 Å². The average Bonchev–Trinajstić information content (AvgIpc) is 3.18. The number of aliphatic hydroxyl groups excluding tert-OH is 1. The molecule has 3 saturated carbocycles. The first-order valence-electron chi connectivity index (χ1n) is 13.4. The Bertz CT molecular complexity index is 978. The molecule has 4 aliphatic carbocycles. The zero-order chi connectivity index (χ0) is 24.6. The van der Waals surface area contributed by atoms with Crippen LogP contribution in [0.25, 0.3) is 0 Å². The van der Waals surface area contributed by atoms with E-state index < -0.39 is 6.09 Å². The summed E-state index contributed by atoms with van der Waals surface area (Å²) in [6, 6.07) is 9.65. The van der Waals surface area contributed by atoms with Crippen LogP contribution in [0.15, 0.2) is 42.0 Å². The highest BCUT2D eigenvalue weighted by Crippen LogP contribution is 2.64. The van der Waals surface area contributed by atoms with Crippen molar-refractivity contribution in [1.29, 1.82) is 0 Å². The van der Waals surface area contributed by atoms with Crippen molar-refractivity contribution in [3.05, 3.63) is 47.5 Å². The molecule has 0 unspecified atom stereocenters. The van der Waals surface area contributed by atoms with Gasteiger partial charge in [0.15, 0.2) is 0 Å². The van der Waals surface area contributed by atoms with Crippen molar-refractivity contribution in [3.8, 4) is 0 Å². The van der Waals surface area contributed by atoms with Crippen LogP contribution >= 0.6 is 0 Å². The number of rotatable bonds is 5. The van der Waals surface area contributed by atoms with Crippen LogP contribution in [-0.4, -0.2) is 35.8 Å². The van der Waals surface area contributed by atoms with Gasteiger partial charge in [0, 0.05) is 6.04 Å². The lowest BCUT2D eigenvalue weighted by atomic mass is 9.48. The second-order valence-corrected chi connectivity index (χ2v) is 11.8. The minimum Gasteiger partial charge on any atom is -0.445 e. The standard InChI is InChI=1S/C29H40N2O4/c1-28-14-12-21(32)16-20(28)8-9-22-23-10-11-25(29(23,2)15-13-24(22)28)31-26(33)17-30-27(34)35-18-19-6-4-3-5-7-19/h3-8,21-25,32H,9-18H2,1-2H3,(H,30,34)(H,31,33)/t21-,22-,23-,24-,25-,28-,29-/m0/s1. The zero-order valence-electron chi connectivity index (χ0n) is 21.1. The number of ether oxygens (including phenoxy) is 1. The number of benzene rings is 1. The number of carbonyl (C=O) groups excluding carboxylic acids is 2. The summed E-state index contributed by atoms with van der Waals surface area (Å²) in [6.07, 6.45) is 10.1. The van der Waals surface area contributed by atoms with Crippen LogP contribution < -0.4 is 10.6 Å². The lowest BCUT2D eigenvalue weighted by Gasteiger charge is -2.58. The molecule has 190 valence electrons. The first kappa shape index (κ1) is 24.4. The fourth-order valence-electron chi connectivity index (χ4n) is 8.05. The van der Waals surface area contributed by atoms with Crippen molar-refractivity contribution < 1.29 is 19.4 Å². The molecule has 0 spiro atoms. The second kappa shape index (κ2) is 9.61. The van der Waals surface area contributed by atoms with Crippen LogP contribution in [0.3, 0.4) is 0 Å². The lowest BCUT2D eigenvalue weighted by molar-refractivity contribution is -0.122. The van der Waals surface area contributed by atoms with Gasteiger partial charge in [-0.3, -0.25) is 4.79 Å². The molecule has 6 heteroatoms. The fourth-order valence-corrected chi connectivity index (χ4v) is 8.05. The predicted molar refractivity (Wildman–Crippen MR) is 134 cm³/mol. The Balaban J connectivity index is 1.15.